The molecule has 2 nitrogen and oxygen atoms in total. The van der Waals surface area contributed by atoms with Crippen molar-refractivity contribution in [3.8, 4) is 5.75 Å². The number of hydrogen-bond donors (Lipinski definition) is 1. The zero-order valence-corrected chi connectivity index (χ0v) is 11.3. The molecule has 1 N–H and O–H groups in total. The van der Waals surface area contributed by atoms with Crippen molar-refractivity contribution in [3.63, 3.8) is 0 Å². The average Bonchev–Trinajstić information content (AvgIpc) is 2.41. The molecule has 0 spiro atoms. The SMILES string of the molecule is COc1cc(C(O)c2ccc(C)c(F)c2)ccc1C. The van der Waals surface area contributed by atoms with Crippen LogP contribution in [0, 0.1) is 19.7 Å². The van der Waals surface area contributed by atoms with Crippen LogP contribution < -0.4 is 4.74 Å². The van der Waals surface area contributed by atoms with Crippen molar-refractivity contribution in [1.82, 2.24) is 0 Å². The second-order valence-electron chi connectivity index (χ2n) is 4.64. The molecule has 0 fully saturated rings. The quantitative estimate of drug-likeness (QED) is 0.914. The molecule has 1 atom stereocenters. The minimum Gasteiger partial charge on any atom is -0.496 e. The van der Waals surface area contributed by atoms with Crippen molar-refractivity contribution in [2.75, 3.05) is 7.11 Å². The molecule has 1 unspecified atom stereocenters. The van der Waals surface area contributed by atoms with Crippen LogP contribution in [0.4, 0.5) is 4.39 Å². The molecular formula is C16H17FO2. The molecule has 0 aliphatic rings. The number of benzene rings is 2. The molecule has 0 aliphatic carbocycles. The number of methoxy groups -OCH3 is 1. The van der Waals surface area contributed by atoms with Crippen molar-refractivity contribution >= 4 is 0 Å². The van der Waals surface area contributed by atoms with Gasteiger partial charge in [-0.15, -0.1) is 0 Å². The molecule has 19 heavy (non-hydrogen) atoms. The van der Waals surface area contributed by atoms with E-state index >= 15 is 0 Å². The Balaban J connectivity index is 2.37. The van der Waals surface area contributed by atoms with Gasteiger partial charge < -0.3 is 9.84 Å². The Hall–Kier alpha value is -1.87. The maximum atomic E-state index is 13.5. The zero-order valence-electron chi connectivity index (χ0n) is 11.3. The van der Waals surface area contributed by atoms with Gasteiger partial charge in [0.05, 0.1) is 7.11 Å². The molecule has 2 rings (SSSR count). The first-order valence-corrected chi connectivity index (χ1v) is 6.11. The molecule has 0 heterocycles. The van der Waals surface area contributed by atoms with Gasteiger partial charge in [-0.1, -0.05) is 24.3 Å². The molecule has 0 amide bonds. The zero-order chi connectivity index (χ0) is 14.0. The van der Waals surface area contributed by atoms with Crippen molar-refractivity contribution in [2.45, 2.75) is 20.0 Å². The van der Waals surface area contributed by atoms with Gasteiger partial charge in [0.25, 0.3) is 0 Å². The first kappa shape index (κ1) is 13.6. The molecule has 2 aromatic rings. The lowest BCUT2D eigenvalue weighted by Crippen LogP contribution is -2.02. The summed E-state index contributed by atoms with van der Waals surface area (Å²) in [5, 5.41) is 10.3. The summed E-state index contributed by atoms with van der Waals surface area (Å²) in [4.78, 5) is 0. The van der Waals surface area contributed by atoms with Crippen LogP contribution in [0.5, 0.6) is 5.75 Å². The third-order valence-electron chi connectivity index (χ3n) is 3.26. The van der Waals surface area contributed by atoms with E-state index in [1.165, 1.54) is 6.07 Å². The molecular weight excluding hydrogens is 243 g/mol. The average molecular weight is 260 g/mol. The lowest BCUT2D eigenvalue weighted by atomic mass is 9.99. The van der Waals surface area contributed by atoms with Crippen LogP contribution in [0.25, 0.3) is 0 Å². The molecule has 2 aromatic carbocycles. The lowest BCUT2D eigenvalue weighted by molar-refractivity contribution is 0.219. The van der Waals surface area contributed by atoms with Gasteiger partial charge >= 0.3 is 0 Å². The van der Waals surface area contributed by atoms with Gasteiger partial charge in [0, 0.05) is 0 Å². The van der Waals surface area contributed by atoms with Gasteiger partial charge in [-0.3, -0.25) is 0 Å². The summed E-state index contributed by atoms with van der Waals surface area (Å²) < 4.78 is 18.8. The second-order valence-corrected chi connectivity index (χ2v) is 4.64. The van der Waals surface area contributed by atoms with Gasteiger partial charge in [-0.05, 0) is 48.2 Å². The number of halogens is 1. The largest absolute Gasteiger partial charge is 0.496 e. The van der Waals surface area contributed by atoms with Crippen LogP contribution in [0.2, 0.25) is 0 Å². The van der Waals surface area contributed by atoms with E-state index in [-0.39, 0.29) is 5.82 Å². The van der Waals surface area contributed by atoms with E-state index in [2.05, 4.69) is 0 Å². The van der Waals surface area contributed by atoms with Gasteiger partial charge in [0.1, 0.15) is 17.7 Å². The summed E-state index contributed by atoms with van der Waals surface area (Å²) >= 11 is 0. The van der Waals surface area contributed by atoms with Crippen molar-refractivity contribution in [1.29, 1.82) is 0 Å². The minimum absolute atomic E-state index is 0.310. The van der Waals surface area contributed by atoms with E-state index in [0.29, 0.717) is 22.4 Å². The molecule has 0 bridgehead atoms. The van der Waals surface area contributed by atoms with Crippen LogP contribution >= 0.6 is 0 Å². The summed E-state index contributed by atoms with van der Waals surface area (Å²) in [5.41, 5.74) is 2.78. The van der Waals surface area contributed by atoms with Gasteiger partial charge in [-0.25, -0.2) is 4.39 Å². The van der Waals surface area contributed by atoms with Crippen LogP contribution in [-0.2, 0) is 0 Å². The Kier molecular flexibility index (Phi) is 3.86. The summed E-state index contributed by atoms with van der Waals surface area (Å²) in [6.45, 7) is 3.63. The van der Waals surface area contributed by atoms with Crippen LogP contribution in [0.1, 0.15) is 28.4 Å². The lowest BCUT2D eigenvalue weighted by Gasteiger charge is -2.14. The summed E-state index contributed by atoms with van der Waals surface area (Å²) in [6, 6.07) is 10.2. The molecule has 0 aliphatic heterocycles. The minimum atomic E-state index is -0.857. The van der Waals surface area contributed by atoms with Crippen LogP contribution in [0.3, 0.4) is 0 Å². The number of rotatable bonds is 3. The van der Waals surface area contributed by atoms with Crippen LogP contribution in [0.15, 0.2) is 36.4 Å². The van der Waals surface area contributed by atoms with Crippen LogP contribution in [-0.4, -0.2) is 12.2 Å². The van der Waals surface area contributed by atoms with Crippen molar-refractivity contribution in [2.24, 2.45) is 0 Å². The molecule has 0 saturated heterocycles. The fourth-order valence-electron chi connectivity index (χ4n) is 1.98. The summed E-state index contributed by atoms with van der Waals surface area (Å²) in [7, 11) is 1.59. The maximum absolute atomic E-state index is 13.5. The van der Waals surface area contributed by atoms with Gasteiger partial charge in [0.2, 0.25) is 0 Å². The first-order valence-electron chi connectivity index (χ1n) is 6.11. The molecule has 0 saturated carbocycles. The van der Waals surface area contributed by atoms with E-state index in [1.807, 2.05) is 19.1 Å². The normalized spacial score (nSPS) is 12.3. The van der Waals surface area contributed by atoms with Crippen molar-refractivity contribution in [3.05, 3.63) is 64.5 Å². The van der Waals surface area contributed by atoms with E-state index in [9.17, 15) is 9.50 Å². The summed E-state index contributed by atoms with van der Waals surface area (Å²) in [6.07, 6.45) is -0.857. The third kappa shape index (κ3) is 2.76. The van der Waals surface area contributed by atoms with Crippen molar-refractivity contribution < 1.29 is 14.2 Å². The number of aliphatic hydroxyl groups is 1. The Labute approximate surface area is 112 Å². The number of hydrogen-bond acceptors (Lipinski definition) is 2. The van der Waals surface area contributed by atoms with Gasteiger partial charge in [-0.2, -0.15) is 0 Å². The second kappa shape index (κ2) is 5.41. The number of aliphatic hydroxyl groups excluding tert-OH is 1. The fraction of sp³-hybridized carbons (Fsp3) is 0.250. The van der Waals surface area contributed by atoms with E-state index in [4.69, 9.17) is 4.74 Å². The Morgan fingerprint density at radius 3 is 2.16 bits per heavy atom. The van der Waals surface area contributed by atoms with Gasteiger partial charge in [0.15, 0.2) is 0 Å². The maximum Gasteiger partial charge on any atom is 0.126 e. The molecule has 3 heteroatoms. The monoisotopic (exact) mass is 260 g/mol. The molecule has 0 aromatic heterocycles. The predicted molar refractivity (Wildman–Crippen MR) is 72.9 cm³/mol. The Morgan fingerprint density at radius 2 is 1.58 bits per heavy atom. The highest BCUT2D eigenvalue weighted by Crippen LogP contribution is 2.28. The highest BCUT2D eigenvalue weighted by Gasteiger charge is 2.13. The molecule has 100 valence electrons. The molecule has 0 radical (unpaired) electrons. The summed E-state index contributed by atoms with van der Waals surface area (Å²) in [5.74, 6) is 0.403. The third-order valence-corrected chi connectivity index (χ3v) is 3.26. The highest BCUT2D eigenvalue weighted by atomic mass is 19.1. The number of ether oxygens (including phenoxy) is 1. The predicted octanol–water partition coefficient (Wildman–Crippen LogP) is 3.53. The first-order chi connectivity index (χ1) is 9.02. The topological polar surface area (TPSA) is 29.5 Å². The Morgan fingerprint density at radius 1 is 1.00 bits per heavy atom. The number of aryl methyl sites for hydroxylation is 2. The standard InChI is InChI=1S/C16H17FO2/c1-10-4-6-12(8-14(10)17)16(18)13-7-5-11(2)15(9-13)19-3/h4-9,16,18H,1-3H3. The highest BCUT2D eigenvalue weighted by molar-refractivity contribution is 5.40. The van der Waals surface area contributed by atoms with E-state index < -0.39 is 6.10 Å². The fourth-order valence-corrected chi connectivity index (χ4v) is 1.98. The smallest absolute Gasteiger partial charge is 0.126 e. The van der Waals surface area contributed by atoms with E-state index in [1.54, 1.807) is 32.2 Å². The van der Waals surface area contributed by atoms with E-state index in [0.717, 1.165) is 5.56 Å². The Bertz CT molecular complexity index is 593.